The number of nitrogens with zero attached hydrogens (tertiary/aromatic N) is 2. The van der Waals surface area contributed by atoms with E-state index in [1.807, 2.05) is 19.1 Å². The number of carbonyl (C=O) groups excluding carboxylic acids is 3. The molecule has 212 valence electrons. The smallest absolute Gasteiger partial charge is 0.312 e. The van der Waals surface area contributed by atoms with E-state index in [4.69, 9.17) is 21.1 Å². The first-order valence-corrected chi connectivity index (χ1v) is 14.7. The Morgan fingerprint density at radius 3 is 2.74 bits per heavy atom. The molecule has 3 aliphatic heterocycles. The van der Waals surface area contributed by atoms with E-state index in [1.54, 1.807) is 28.0 Å². The first-order valence-electron chi connectivity index (χ1n) is 13.4. The highest BCUT2D eigenvalue weighted by Gasteiger charge is 2.77. The van der Waals surface area contributed by atoms with Gasteiger partial charge in [-0.05, 0) is 50.7 Å². The molecule has 3 fully saturated rings. The number of aliphatic hydroxyl groups excluding tert-OH is 1. The van der Waals surface area contributed by atoms with Crippen LogP contribution in [-0.2, 0) is 23.9 Å². The minimum atomic E-state index is -1.20. The van der Waals surface area contributed by atoms with Crippen molar-refractivity contribution in [1.82, 2.24) is 4.90 Å². The molecule has 0 saturated carbocycles. The minimum absolute atomic E-state index is 0.0294. The van der Waals surface area contributed by atoms with Crippen LogP contribution in [0.1, 0.15) is 37.7 Å². The molecule has 10 heteroatoms. The molecule has 0 aliphatic carbocycles. The van der Waals surface area contributed by atoms with Crippen molar-refractivity contribution in [2.75, 3.05) is 31.2 Å². The standard InChI is InChI=1S/C29H36BrClN2O6/c1-4-6-9-16-38-28(37)21-22-26(35)33(14-7-8-15-34)25(29(22)17-19(30)24(21)39-29)27(36)32(13-5-2)23-18(3)11-10-12-20(23)31/h4-5,10-12,19,21-22,24-25,34H,1-2,6-9,13-17H2,3H3/t19?,21-,22-,24-,25?,29?/m0/s1. The van der Waals surface area contributed by atoms with E-state index < -0.39 is 35.6 Å². The number of halogens is 2. The van der Waals surface area contributed by atoms with E-state index in [1.165, 1.54) is 0 Å². The number of allylic oxidation sites excluding steroid dienone is 1. The van der Waals surface area contributed by atoms with E-state index in [0.29, 0.717) is 42.8 Å². The quantitative estimate of drug-likeness (QED) is 0.153. The number of carbonyl (C=O) groups is 3. The molecule has 3 heterocycles. The lowest BCUT2D eigenvalue weighted by atomic mass is 9.70. The van der Waals surface area contributed by atoms with Gasteiger partial charge >= 0.3 is 5.97 Å². The number of unbranched alkanes of at least 4 members (excludes halogenated alkanes) is 2. The molecule has 2 bridgehead atoms. The monoisotopic (exact) mass is 622 g/mol. The number of anilines is 1. The van der Waals surface area contributed by atoms with Crippen molar-refractivity contribution < 1.29 is 29.0 Å². The van der Waals surface area contributed by atoms with Crippen LogP contribution in [0.25, 0.3) is 0 Å². The van der Waals surface area contributed by atoms with Crippen molar-refractivity contribution in [2.45, 2.75) is 61.6 Å². The van der Waals surface area contributed by atoms with Gasteiger partial charge in [0.2, 0.25) is 5.91 Å². The molecule has 2 amide bonds. The first-order chi connectivity index (χ1) is 18.7. The molecule has 6 atom stereocenters. The molecule has 4 rings (SSSR count). The normalized spacial score (nSPS) is 28.9. The van der Waals surface area contributed by atoms with E-state index in [0.717, 1.165) is 5.56 Å². The highest BCUT2D eigenvalue weighted by Crippen LogP contribution is 2.60. The summed E-state index contributed by atoms with van der Waals surface area (Å²) in [4.78, 5) is 44.8. The van der Waals surface area contributed by atoms with Crippen molar-refractivity contribution in [3.63, 3.8) is 0 Å². The van der Waals surface area contributed by atoms with Crippen LogP contribution in [0.3, 0.4) is 0 Å². The van der Waals surface area contributed by atoms with E-state index in [9.17, 15) is 19.5 Å². The van der Waals surface area contributed by atoms with Crippen molar-refractivity contribution in [2.24, 2.45) is 11.8 Å². The summed E-state index contributed by atoms with van der Waals surface area (Å²) in [5, 5.41) is 9.79. The van der Waals surface area contributed by atoms with Gasteiger partial charge in [0.25, 0.3) is 5.91 Å². The largest absolute Gasteiger partial charge is 0.465 e. The van der Waals surface area contributed by atoms with Gasteiger partial charge in [0.15, 0.2) is 0 Å². The second-order valence-corrected chi connectivity index (χ2v) is 12.0. The fourth-order valence-corrected chi connectivity index (χ4v) is 7.61. The number of hydrogen-bond acceptors (Lipinski definition) is 6. The summed E-state index contributed by atoms with van der Waals surface area (Å²) in [6.07, 6.45) is 5.50. The average molecular weight is 624 g/mol. The number of hydrogen-bond donors (Lipinski definition) is 1. The number of likely N-dealkylation sites (tertiary alicyclic amines) is 1. The lowest BCUT2D eigenvalue weighted by Gasteiger charge is -2.37. The van der Waals surface area contributed by atoms with Crippen molar-refractivity contribution in [3.8, 4) is 0 Å². The second kappa shape index (κ2) is 12.5. The number of esters is 1. The molecular weight excluding hydrogens is 588 g/mol. The molecule has 1 aromatic carbocycles. The molecule has 0 radical (unpaired) electrons. The van der Waals surface area contributed by atoms with Crippen LogP contribution in [-0.4, -0.2) is 76.7 Å². The van der Waals surface area contributed by atoms with Crippen LogP contribution >= 0.6 is 27.5 Å². The third-order valence-electron chi connectivity index (χ3n) is 7.94. The van der Waals surface area contributed by atoms with Gasteiger partial charge < -0.3 is 24.4 Å². The second-order valence-electron chi connectivity index (χ2n) is 10.4. The van der Waals surface area contributed by atoms with Gasteiger partial charge in [-0.15, -0.1) is 13.2 Å². The zero-order chi connectivity index (χ0) is 28.3. The van der Waals surface area contributed by atoms with Crippen LogP contribution < -0.4 is 4.90 Å². The van der Waals surface area contributed by atoms with Gasteiger partial charge in [0.1, 0.15) is 11.6 Å². The Labute approximate surface area is 243 Å². The average Bonchev–Trinajstić information content (AvgIpc) is 3.49. The number of alkyl halides is 1. The van der Waals surface area contributed by atoms with Crippen LogP contribution in [0.15, 0.2) is 43.5 Å². The highest BCUT2D eigenvalue weighted by atomic mass is 79.9. The number of amides is 2. The Bertz CT molecular complexity index is 1110. The van der Waals surface area contributed by atoms with E-state index >= 15 is 0 Å². The Kier molecular flexibility index (Phi) is 9.57. The first kappa shape index (κ1) is 29.8. The molecule has 1 N–H and O–H groups in total. The SMILES string of the molecule is C=CCCCOC(=O)[C@H]1[C@H]2C(=O)N(CCCCO)C(C(=O)N(CC=C)c3c(C)cccc3Cl)C23CC(Br)[C@@H]1O3. The third-order valence-corrected chi connectivity index (χ3v) is 9.09. The maximum absolute atomic E-state index is 14.5. The van der Waals surface area contributed by atoms with E-state index in [2.05, 4.69) is 29.1 Å². The lowest BCUT2D eigenvalue weighted by Crippen LogP contribution is -2.57. The van der Waals surface area contributed by atoms with E-state index in [-0.39, 0.29) is 42.9 Å². The number of fused-ring (bicyclic) bond motifs is 1. The number of rotatable bonds is 13. The summed E-state index contributed by atoms with van der Waals surface area (Å²) in [6.45, 7) is 10.0. The molecule has 3 unspecified atom stereocenters. The van der Waals surface area contributed by atoms with Crippen molar-refractivity contribution >= 4 is 51.0 Å². The summed E-state index contributed by atoms with van der Waals surface area (Å²) in [5.74, 6) is -2.79. The van der Waals surface area contributed by atoms with Crippen molar-refractivity contribution in [1.29, 1.82) is 0 Å². The number of ether oxygens (including phenoxy) is 2. The van der Waals surface area contributed by atoms with Gasteiger partial charge in [0, 0.05) is 24.5 Å². The Hall–Kier alpha value is -2.20. The summed E-state index contributed by atoms with van der Waals surface area (Å²) in [5.41, 5.74) is 0.151. The van der Waals surface area contributed by atoms with Gasteiger partial charge in [0.05, 0.1) is 35.3 Å². The lowest BCUT2D eigenvalue weighted by molar-refractivity contribution is -0.155. The molecule has 8 nitrogen and oxygen atoms in total. The summed E-state index contributed by atoms with van der Waals surface area (Å²) >= 11 is 10.3. The number of benzene rings is 1. The minimum Gasteiger partial charge on any atom is -0.465 e. The van der Waals surface area contributed by atoms with Crippen LogP contribution in [0.5, 0.6) is 0 Å². The Morgan fingerprint density at radius 2 is 2.08 bits per heavy atom. The summed E-state index contributed by atoms with van der Waals surface area (Å²) in [7, 11) is 0. The number of para-hydroxylation sites is 1. The predicted molar refractivity (Wildman–Crippen MR) is 153 cm³/mol. The highest BCUT2D eigenvalue weighted by molar-refractivity contribution is 9.09. The molecule has 3 aliphatic rings. The summed E-state index contributed by atoms with van der Waals surface area (Å²) < 4.78 is 12.1. The maximum atomic E-state index is 14.5. The zero-order valence-electron chi connectivity index (χ0n) is 22.2. The number of aryl methyl sites for hydroxylation is 1. The van der Waals surface area contributed by atoms with Gasteiger partial charge in [-0.3, -0.25) is 14.4 Å². The van der Waals surface area contributed by atoms with Gasteiger partial charge in [-0.25, -0.2) is 0 Å². The molecule has 1 spiro atoms. The number of aliphatic hydroxyl groups is 1. The molecular formula is C29H36BrClN2O6. The van der Waals surface area contributed by atoms with Gasteiger partial charge in [-0.2, -0.15) is 0 Å². The molecule has 3 saturated heterocycles. The Morgan fingerprint density at radius 1 is 1.31 bits per heavy atom. The van der Waals surface area contributed by atoms with Crippen LogP contribution in [0.2, 0.25) is 5.02 Å². The maximum Gasteiger partial charge on any atom is 0.312 e. The van der Waals surface area contributed by atoms with Crippen LogP contribution in [0.4, 0.5) is 5.69 Å². The molecule has 39 heavy (non-hydrogen) atoms. The topological polar surface area (TPSA) is 96.4 Å². The predicted octanol–water partition coefficient (Wildman–Crippen LogP) is 4.20. The molecule has 1 aromatic rings. The van der Waals surface area contributed by atoms with Crippen molar-refractivity contribution in [3.05, 3.63) is 54.1 Å². The van der Waals surface area contributed by atoms with Gasteiger partial charge in [-0.1, -0.05) is 51.8 Å². The fourth-order valence-electron chi connectivity index (χ4n) is 6.34. The summed E-state index contributed by atoms with van der Waals surface area (Å²) in [6, 6.07) is 4.43. The Balaban J connectivity index is 1.74. The molecule has 0 aromatic heterocycles. The zero-order valence-corrected chi connectivity index (χ0v) is 24.5. The fraction of sp³-hybridized carbons (Fsp3) is 0.552. The third kappa shape index (κ3) is 5.31. The van der Waals surface area contributed by atoms with Crippen LogP contribution in [0, 0.1) is 18.8 Å².